The van der Waals surface area contributed by atoms with Crippen LogP contribution in [0.25, 0.3) is 0 Å². The van der Waals surface area contributed by atoms with Gasteiger partial charge in [-0.1, -0.05) is 18.6 Å². The third kappa shape index (κ3) is 1.15. The Balaban J connectivity index is 2.22. The van der Waals surface area contributed by atoms with Gasteiger partial charge in [0.25, 0.3) is 0 Å². The highest BCUT2D eigenvalue weighted by atomic mass is 14.2. The van der Waals surface area contributed by atoms with Crippen LogP contribution in [0.1, 0.15) is 45.4 Å². The maximum absolute atomic E-state index is 2.44. The lowest BCUT2D eigenvalue weighted by Gasteiger charge is -2.15. The van der Waals surface area contributed by atoms with Gasteiger partial charge in [0, 0.05) is 0 Å². The fourth-order valence-corrected chi connectivity index (χ4v) is 2.31. The van der Waals surface area contributed by atoms with Crippen molar-refractivity contribution in [3.05, 3.63) is 22.8 Å². The topological polar surface area (TPSA) is 0 Å². The molecular formula is C11H16. The highest BCUT2D eigenvalue weighted by molar-refractivity contribution is 5.43. The second-order valence-corrected chi connectivity index (χ2v) is 3.58. The van der Waals surface area contributed by atoms with Crippen LogP contribution in [-0.4, -0.2) is 0 Å². The Labute approximate surface area is 69.0 Å². The van der Waals surface area contributed by atoms with Crippen molar-refractivity contribution in [3.8, 4) is 0 Å². The quantitative estimate of drug-likeness (QED) is 0.533. The molecule has 60 valence electrons. The third-order valence-corrected chi connectivity index (χ3v) is 2.95. The van der Waals surface area contributed by atoms with E-state index in [1.54, 1.807) is 16.7 Å². The molecule has 0 aromatic rings. The molecule has 0 unspecified atom stereocenters. The maximum atomic E-state index is 2.44. The minimum absolute atomic E-state index is 1.25. The summed E-state index contributed by atoms with van der Waals surface area (Å²) in [5, 5.41) is 0. The van der Waals surface area contributed by atoms with Gasteiger partial charge in [0.15, 0.2) is 0 Å². The van der Waals surface area contributed by atoms with Crippen molar-refractivity contribution in [1.82, 2.24) is 0 Å². The Morgan fingerprint density at radius 2 is 2.09 bits per heavy atom. The molecule has 0 heterocycles. The predicted octanol–water partition coefficient (Wildman–Crippen LogP) is 3.60. The number of hydrogen-bond donors (Lipinski definition) is 0. The van der Waals surface area contributed by atoms with Gasteiger partial charge in [-0.25, -0.2) is 0 Å². The molecule has 0 aromatic carbocycles. The van der Waals surface area contributed by atoms with Gasteiger partial charge in [0.2, 0.25) is 0 Å². The Morgan fingerprint density at radius 1 is 1.27 bits per heavy atom. The molecule has 2 rings (SSSR count). The molecule has 0 radical (unpaired) electrons. The lowest BCUT2D eigenvalue weighted by atomic mass is 9.90. The zero-order valence-electron chi connectivity index (χ0n) is 7.32. The monoisotopic (exact) mass is 148 g/mol. The first-order valence-electron chi connectivity index (χ1n) is 4.82. The smallest absolute Gasteiger partial charge is 0.0127 e. The first-order chi connectivity index (χ1) is 5.42. The lowest BCUT2D eigenvalue weighted by molar-refractivity contribution is 0.675. The predicted molar refractivity (Wildman–Crippen MR) is 48.5 cm³/mol. The van der Waals surface area contributed by atoms with E-state index in [2.05, 4.69) is 13.0 Å². The molecule has 11 heavy (non-hydrogen) atoms. The van der Waals surface area contributed by atoms with Crippen molar-refractivity contribution in [1.29, 1.82) is 0 Å². The normalized spacial score (nSPS) is 23.5. The lowest BCUT2D eigenvalue weighted by Crippen LogP contribution is -1.96. The molecule has 0 aliphatic heterocycles. The number of hydrogen-bond acceptors (Lipinski definition) is 0. The van der Waals surface area contributed by atoms with E-state index in [0.717, 1.165) is 0 Å². The van der Waals surface area contributed by atoms with Gasteiger partial charge in [-0.15, -0.1) is 0 Å². The van der Waals surface area contributed by atoms with E-state index in [4.69, 9.17) is 0 Å². The molecule has 0 saturated carbocycles. The summed E-state index contributed by atoms with van der Waals surface area (Å²) in [5.41, 5.74) is 5.14. The van der Waals surface area contributed by atoms with Crippen LogP contribution in [0.5, 0.6) is 0 Å². The van der Waals surface area contributed by atoms with Crippen molar-refractivity contribution >= 4 is 0 Å². The molecule has 0 amide bonds. The molecule has 0 saturated heterocycles. The number of allylic oxidation sites excluding steroid dienone is 4. The van der Waals surface area contributed by atoms with Gasteiger partial charge in [-0.3, -0.25) is 0 Å². The van der Waals surface area contributed by atoms with Gasteiger partial charge < -0.3 is 0 Å². The van der Waals surface area contributed by atoms with Gasteiger partial charge >= 0.3 is 0 Å². The van der Waals surface area contributed by atoms with Crippen LogP contribution >= 0.6 is 0 Å². The minimum atomic E-state index is 1.25. The second-order valence-electron chi connectivity index (χ2n) is 3.58. The zero-order valence-corrected chi connectivity index (χ0v) is 7.32. The van der Waals surface area contributed by atoms with E-state index in [-0.39, 0.29) is 0 Å². The summed E-state index contributed by atoms with van der Waals surface area (Å²) in [5.74, 6) is 0. The van der Waals surface area contributed by atoms with Crippen LogP contribution in [0.15, 0.2) is 22.8 Å². The first-order valence-corrected chi connectivity index (χ1v) is 4.82. The van der Waals surface area contributed by atoms with Gasteiger partial charge in [0.1, 0.15) is 0 Å². The van der Waals surface area contributed by atoms with E-state index < -0.39 is 0 Å². The second kappa shape index (κ2) is 2.84. The maximum Gasteiger partial charge on any atom is -0.0127 e. The summed E-state index contributed by atoms with van der Waals surface area (Å²) in [7, 11) is 0. The highest BCUT2D eigenvalue weighted by Gasteiger charge is 2.18. The Morgan fingerprint density at radius 3 is 2.91 bits per heavy atom. The van der Waals surface area contributed by atoms with E-state index >= 15 is 0 Å². The van der Waals surface area contributed by atoms with Crippen LogP contribution in [0.3, 0.4) is 0 Å². The van der Waals surface area contributed by atoms with Crippen LogP contribution in [0.4, 0.5) is 0 Å². The van der Waals surface area contributed by atoms with Crippen LogP contribution < -0.4 is 0 Å². The first kappa shape index (κ1) is 7.15. The molecule has 2 aliphatic carbocycles. The molecular weight excluding hydrogens is 132 g/mol. The van der Waals surface area contributed by atoms with Crippen molar-refractivity contribution < 1.29 is 0 Å². The van der Waals surface area contributed by atoms with Gasteiger partial charge in [-0.05, 0) is 49.7 Å². The molecule has 0 heteroatoms. The zero-order chi connectivity index (χ0) is 7.68. The van der Waals surface area contributed by atoms with Crippen molar-refractivity contribution in [2.75, 3.05) is 0 Å². The average molecular weight is 148 g/mol. The molecule has 0 bridgehead atoms. The Kier molecular flexibility index (Phi) is 1.85. The van der Waals surface area contributed by atoms with Crippen molar-refractivity contribution in [2.45, 2.75) is 45.4 Å². The highest BCUT2D eigenvalue weighted by Crippen LogP contribution is 2.37. The van der Waals surface area contributed by atoms with Crippen LogP contribution in [-0.2, 0) is 0 Å². The molecule has 0 atom stereocenters. The minimum Gasteiger partial charge on any atom is -0.0770 e. The van der Waals surface area contributed by atoms with Crippen LogP contribution in [0, 0.1) is 0 Å². The Hall–Kier alpha value is -0.520. The van der Waals surface area contributed by atoms with E-state index in [9.17, 15) is 0 Å². The molecule has 0 N–H and O–H groups in total. The molecule has 2 aliphatic rings. The van der Waals surface area contributed by atoms with E-state index in [0.29, 0.717) is 0 Å². The van der Waals surface area contributed by atoms with Gasteiger partial charge in [0.05, 0.1) is 0 Å². The summed E-state index contributed by atoms with van der Waals surface area (Å²) >= 11 is 0. The fraction of sp³-hybridized carbons (Fsp3) is 0.636. The summed E-state index contributed by atoms with van der Waals surface area (Å²) in [6.45, 7) is 2.27. The fourth-order valence-electron chi connectivity index (χ4n) is 2.31. The summed E-state index contributed by atoms with van der Waals surface area (Å²) in [4.78, 5) is 0. The summed E-state index contributed by atoms with van der Waals surface area (Å²) in [6, 6.07) is 0. The van der Waals surface area contributed by atoms with E-state index in [1.807, 2.05) is 0 Å². The summed E-state index contributed by atoms with van der Waals surface area (Å²) in [6.07, 6.45) is 10.6. The average Bonchev–Trinajstić information content (AvgIpc) is 2.47. The van der Waals surface area contributed by atoms with Crippen molar-refractivity contribution in [3.63, 3.8) is 0 Å². The van der Waals surface area contributed by atoms with Crippen molar-refractivity contribution in [2.24, 2.45) is 0 Å². The summed E-state index contributed by atoms with van der Waals surface area (Å²) < 4.78 is 0. The van der Waals surface area contributed by atoms with Gasteiger partial charge in [-0.2, -0.15) is 0 Å². The SMILES string of the molecule is CCC1=CCC2=C1CCCC2. The number of rotatable bonds is 1. The third-order valence-electron chi connectivity index (χ3n) is 2.95. The van der Waals surface area contributed by atoms with E-state index in [1.165, 1.54) is 38.5 Å². The largest absolute Gasteiger partial charge is 0.0770 e. The molecule has 0 nitrogen and oxygen atoms in total. The molecule has 0 aromatic heterocycles. The molecule has 0 fully saturated rings. The standard InChI is InChI=1S/C11H16/c1-2-9-7-8-10-5-3-4-6-11(9)10/h7H,2-6,8H2,1H3. The molecule has 0 spiro atoms. The Bertz CT molecular complexity index is 218. The van der Waals surface area contributed by atoms with Crippen LogP contribution in [0.2, 0.25) is 0 Å².